The third kappa shape index (κ3) is 13.8. The largest absolute Gasteiger partial charge is 0.396 e. The number of rotatable bonds is 12. The highest BCUT2D eigenvalue weighted by atomic mass is 35.5. The maximum Gasteiger partial charge on any atom is 0.0720 e. The zero-order valence-corrected chi connectivity index (χ0v) is 13.6. The van der Waals surface area contributed by atoms with Gasteiger partial charge in [-0.25, -0.2) is 0 Å². The second kappa shape index (κ2) is 14.0. The van der Waals surface area contributed by atoms with Crippen LogP contribution in [0, 0.1) is 0 Å². The number of halogens is 2. The summed E-state index contributed by atoms with van der Waals surface area (Å²) >= 11 is 16.7. The molecular formula is C10H20Cl2O2S3. The summed E-state index contributed by atoms with van der Waals surface area (Å²) in [5.74, 6) is 5.46. The Kier molecular flexibility index (Phi) is 15.2. The zero-order valence-electron chi connectivity index (χ0n) is 9.69. The fourth-order valence-electron chi connectivity index (χ4n) is 0.978. The minimum atomic E-state index is -0.309. The van der Waals surface area contributed by atoms with E-state index in [9.17, 15) is 5.11 Å². The molecule has 0 saturated carbocycles. The molecule has 7 heteroatoms. The molecule has 0 bridgehead atoms. The van der Waals surface area contributed by atoms with Crippen molar-refractivity contribution in [3.05, 3.63) is 0 Å². The number of aliphatic hydroxyl groups is 2. The molecule has 2 nitrogen and oxygen atoms in total. The van der Waals surface area contributed by atoms with Crippen LogP contribution in [0.15, 0.2) is 0 Å². The lowest BCUT2D eigenvalue weighted by molar-refractivity contribution is 0.225. The lowest BCUT2D eigenvalue weighted by Crippen LogP contribution is -2.16. The molecule has 0 aliphatic heterocycles. The third-order valence-electron chi connectivity index (χ3n) is 1.67. The van der Waals surface area contributed by atoms with Crippen molar-refractivity contribution in [1.29, 1.82) is 0 Å². The number of thioether (sulfide) groups is 3. The van der Waals surface area contributed by atoms with Crippen LogP contribution in [-0.4, -0.2) is 68.7 Å². The summed E-state index contributed by atoms with van der Waals surface area (Å²) in [7, 11) is 0. The molecule has 0 rings (SSSR count). The Morgan fingerprint density at radius 2 is 1.53 bits per heavy atom. The first-order valence-electron chi connectivity index (χ1n) is 5.42. The van der Waals surface area contributed by atoms with E-state index in [4.69, 9.17) is 28.3 Å². The predicted molar refractivity (Wildman–Crippen MR) is 85.4 cm³/mol. The van der Waals surface area contributed by atoms with Crippen LogP contribution >= 0.6 is 58.5 Å². The molecule has 0 saturated heterocycles. The van der Waals surface area contributed by atoms with Crippen molar-refractivity contribution in [2.75, 3.05) is 47.0 Å². The first-order valence-corrected chi connectivity index (χ1v) is 9.86. The monoisotopic (exact) mass is 338 g/mol. The molecule has 2 unspecified atom stereocenters. The topological polar surface area (TPSA) is 40.5 Å². The van der Waals surface area contributed by atoms with E-state index in [1.807, 2.05) is 0 Å². The van der Waals surface area contributed by atoms with Crippen molar-refractivity contribution in [3.8, 4) is 0 Å². The molecule has 0 radical (unpaired) electrons. The minimum absolute atomic E-state index is 0.144. The molecule has 0 fully saturated rings. The van der Waals surface area contributed by atoms with Crippen LogP contribution < -0.4 is 0 Å². The van der Waals surface area contributed by atoms with Crippen LogP contribution in [0.3, 0.4) is 0 Å². The lowest BCUT2D eigenvalue weighted by Gasteiger charge is -2.11. The fraction of sp³-hybridized carbons (Fsp3) is 1.00. The first kappa shape index (κ1) is 18.6. The second-order valence-electron chi connectivity index (χ2n) is 3.35. The molecule has 0 aliphatic rings. The van der Waals surface area contributed by atoms with Crippen LogP contribution in [0.2, 0.25) is 0 Å². The summed E-state index contributed by atoms with van der Waals surface area (Å²) < 4.78 is 0. The Bertz CT molecular complexity index is 150. The molecule has 0 heterocycles. The molecule has 0 spiro atoms. The van der Waals surface area contributed by atoms with E-state index in [1.165, 1.54) is 0 Å². The molecule has 104 valence electrons. The normalized spacial score (nSPS) is 14.8. The van der Waals surface area contributed by atoms with Crippen LogP contribution in [0.25, 0.3) is 0 Å². The van der Waals surface area contributed by atoms with Gasteiger partial charge >= 0.3 is 0 Å². The predicted octanol–water partition coefficient (Wildman–Crippen LogP) is 2.39. The van der Waals surface area contributed by atoms with E-state index in [1.54, 1.807) is 35.3 Å². The van der Waals surface area contributed by atoms with Gasteiger partial charge in [0, 0.05) is 40.4 Å². The summed E-state index contributed by atoms with van der Waals surface area (Å²) in [6, 6.07) is 0. The van der Waals surface area contributed by atoms with Crippen LogP contribution in [0.4, 0.5) is 0 Å². The Hall–Kier alpha value is 1.55. The van der Waals surface area contributed by atoms with Gasteiger partial charge in [-0.05, 0) is 0 Å². The highest BCUT2D eigenvalue weighted by Gasteiger charge is 2.08. The number of alkyl halides is 2. The maximum atomic E-state index is 9.61. The molecule has 0 aromatic heterocycles. The zero-order chi connectivity index (χ0) is 12.9. The fourth-order valence-corrected chi connectivity index (χ4v) is 4.37. The van der Waals surface area contributed by atoms with Crippen LogP contribution in [0.5, 0.6) is 0 Å². The Balaban J connectivity index is 3.29. The average Bonchev–Trinajstić information content (AvgIpc) is 2.30. The van der Waals surface area contributed by atoms with Crippen molar-refractivity contribution >= 4 is 58.5 Å². The van der Waals surface area contributed by atoms with Crippen molar-refractivity contribution in [2.24, 2.45) is 0 Å². The summed E-state index contributed by atoms with van der Waals surface area (Å²) in [4.78, 5) is 0. The van der Waals surface area contributed by atoms with Gasteiger partial charge in [-0.15, -0.1) is 23.2 Å². The van der Waals surface area contributed by atoms with Gasteiger partial charge in [0.2, 0.25) is 0 Å². The van der Waals surface area contributed by atoms with Crippen molar-refractivity contribution in [3.63, 3.8) is 0 Å². The van der Waals surface area contributed by atoms with Crippen molar-refractivity contribution < 1.29 is 10.2 Å². The molecule has 17 heavy (non-hydrogen) atoms. The van der Waals surface area contributed by atoms with Crippen molar-refractivity contribution in [1.82, 2.24) is 0 Å². The van der Waals surface area contributed by atoms with Crippen molar-refractivity contribution in [2.45, 2.75) is 11.5 Å². The van der Waals surface area contributed by atoms with Gasteiger partial charge in [-0.2, -0.15) is 35.3 Å². The Morgan fingerprint density at radius 3 is 2.18 bits per heavy atom. The molecule has 0 aliphatic carbocycles. The summed E-state index contributed by atoms with van der Waals surface area (Å²) in [6.07, 6.45) is -0.309. The third-order valence-corrected chi connectivity index (χ3v) is 6.24. The van der Waals surface area contributed by atoms with E-state index in [2.05, 4.69) is 0 Å². The van der Waals surface area contributed by atoms with Crippen LogP contribution in [0.1, 0.15) is 0 Å². The molecule has 2 N–H and O–H groups in total. The SMILES string of the molecule is OCCSCC(O)CSCC(Cl)CSCCCl. The number of aliphatic hydroxyl groups excluding tert-OH is 2. The Morgan fingerprint density at radius 1 is 0.941 bits per heavy atom. The van der Waals surface area contributed by atoms with Gasteiger partial charge < -0.3 is 10.2 Å². The van der Waals surface area contributed by atoms with Gasteiger partial charge in [0.25, 0.3) is 0 Å². The molecule has 2 atom stereocenters. The van der Waals surface area contributed by atoms with Gasteiger partial charge in [0.15, 0.2) is 0 Å². The van der Waals surface area contributed by atoms with E-state index >= 15 is 0 Å². The van der Waals surface area contributed by atoms with Gasteiger partial charge in [-0.3, -0.25) is 0 Å². The van der Waals surface area contributed by atoms with Crippen LogP contribution in [-0.2, 0) is 0 Å². The van der Waals surface area contributed by atoms with Gasteiger partial charge in [-0.1, -0.05) is 0 Å². The molecule has 0 amide bonds. The smallest absolute Gasteiger partial charge is 0.0720 e. The minimum Gasteiger partial charge on any atom is -0.396 e. The van der Waals surface area contributed by atoms with E-state index in [0.29, 0.717) is 23.1 Å². The van der Waals surface area contributed by atoms with Gasteiger partial charge in [0.05, 0.1) is 18.1 Å². The van der Waals surface area contributed by atoms with E-state index in [0.717, 1.165) is 17.3 Å². The second-order valence-corrected chi connectivity index (χ2v) is 7.72. The summed E-state index contributed by atoms with van der Waals surface area (Å²) in [5, 5.41) is 18.4. The van der Waals surface area contributed by atoms with E-state index < -0.39 is 0 Å². The molecule has 0 aromatic carbocycles. The quantitative estimate of drug-likeness (QED) is 0.422. The first-order chi connectivity index (χ1) is 8.20. The van der Waals surface area contributed by atoms with E-state index in [-0.39, 0.29) is 18.1 Å². The standard InChI is InChI=1S/C10H20Cl2O2S3/c11-1-3-15-5-9(12)6-17-8-10(14)7-16-4-2-13/h9-10,13-14H,1-8H2. The average molecular weight is 339 g/mol. The summed E-state index contributed by atoms with van der Waals surface area (Å²) in [5.41, 5.74) is 0. The maximum absolute atomic E-state index is 9.61. The molecular weight excluding hydrogens is 319 g/mol. The molecule has 0 aromatic rings. The highest BCUT2D eigenvalue weighted by molar-refractivity contribution is 8.00. The number of hydrogen-bond acceptors (Lipinski definition) is 5. The Labute approximate surface area is 127 Å². The summed E-state index contributed by atoms with van der Waals surface area (Å²) in [6.45, 7) is 0.173. The number of hydrogen-bond donors (Lipinski definition) is 2. The lowest BCUT2D eigenvalue weighted by atomic mass is 10.5. The highest BCUT2D eigenvalue weighted by Crippen LogP contribution is 2.16. The van der Waals surface area contributed by atoms with Gasteiger partial charge in [0.1, 0.15) is 0 Å².